The molecule has 0 bridgehead atoms. The normalized spacial score (nSPS) is 14.7. The molecule has 5 nitrogen and oxygen atoms in total. The van der Waals surface area contributed by atoms with Crippen LogP contribution in [0.4, 0.5) is 0 Å². The molecule has 27 heavy (non-hydrogen) atoms. The molecule has 2 aromatic carbocycles. The number of benzene rings is 2. The number of nitrogens with zero attached hydrogens (tertiary/aromatic N) is 2. The number of carbonyl (C=O) groups excluding carboxylic acids is 1. The van der Waals surface area contributed by atoms with Crippen molar-refractivity contribution in [1.82, 2.24) is 9.21 Å². The Kier molecular flexibility index (Phi) is 6.34. The van der Waals surface area contributed by atoms with Crippen LogP contribution in [0.3, 0.4) is 0 Å². The van der Waals surface area contributed by atoms with Crippen LogP contribution in [0.2, 0.25) is 0 Å². The lowest BCUT2D eigenvalue weighted by Gasteiger charge is -2.25. The molecule has 7 heteroatoms. The Bertz CT molecular complexity index is 890. The molecule has 144 valence electrons. The Hall–Kier alpha value is -1.70. The highest BCUT2D eigenvalue weighted by Gasteiger charge is 2.29. The summed E-state index contributed by atoms with van der Waals surface area (Å²) >= 11 is 3.39. The van der Waals surface area contributed by atoms with E-state index in [4.69, 9.17) is 0 Å². The summed E-state index contributed by atoms with van der Waals surface area (Å²) < 4.78 is 28.6. The maximum absolute atomic E-state index is 13.2. The van der Waals surface area contributed by atoms with E-state index in [0.717, 1.165) is 28.4 Å². The van der Waals surface area contributed by atoms with Crippen molar-refractivity contribution < 1.29 is 13.2 Å². The molecule has 0 atom stereocenters. The third-order valence-corrected chi connectivity index (χ3v) is 7.04. The van der Waals surface area contributed by atoms with Gasteiger partial charge in [0.05, 0.1) is 11.4 Å². The van der Waals surface area contributed by atoms with E-state index in [2.05, 4.69) is 15.9 Å². The van der Waals surface area contributed by atoms with Gasteiger partial charge in [-0.15, -0.1) is 0 Å². The van der Waals surface area contributed by atoms with Crippen LogP contribution in [0, 0.1) is 6.92 Å². The highest BCUT2D eigenvalue weighted by molar-refractivity contribution is 9.10. The standard InChI is InChI=1S/C20H23BrN2O3S/c1-16-4-10-19(11-5-16)27(25,26)23(14-17-6-8-18(21)9-7-17)15-20(24)22-12-2-3-13-22/h4-11H,2-3,12-15H2,1H3. The average molecular weight is 451 g/mol. The predicted octanol–water partition coefficient (Wildman–Crippen LogP) is 3.57. The number of sulfonamides is 1. The monoisotopic (exact) mass is 450 g/mol. The molecule has 1 amide bonds. The molecule has 0 aliphatic carbocycles. The van der Waals surface area contributed by atoms with Gasteiger partial charge >= 0.3 is 0 Å². The van der Waals surface area contributed by atoms with Crippen LogP contribution in [-0.2, 0) is 21.4 Å². The van der Waals surface area contributed by atoms with Gasteiger partial charge < -0.3 is 4.90 Å². The van der Waals surface area contributed by atoms with Crippen molar-refractivity contribution in [3.63, 3.8) is 0 Å². The van der Waals surface area contributed by atoms with Crippen LogP contribution >= 0.6 is 15.9 Å². The topological polar surface area (TPSA) is 57.7 Å². The molecule has 1 heterocycles. The number of hydrogen-bond donors (Lipinski definition) is 0. The highest BCUT2D eigenvalue weighted by Crippen LogP contribution is 2.21. The summed E-state index contributed by atoms with van der Waals surface area (Å²) in [6.45, 7) is 3.33. The number of carbonyl (C=O) groups is 1. The summed E-state index contributed by atoms with van der Waals surface area (Å²) in [6, 6.07) is 14.2. The van der Waals surface area contributed by atoms with Crippen molar-refractivity contribution in [2.75, 3.05) is 19.6 Å². The van der Waals surface area contributed by atoms with E-state index in [9.17, 15) is 13.2 Å². The molecule has 1 saturated heterocycles. The lowest BCUT2D eigenvalue weighted by Crippen LogP contribution is -2.41. The van der Waals surface area contributed by atoms with Crippen molar-refractivity contribution in [3.8, 4) is 0 Å². The summed E-state index contributed by atoms with van der Waals surface area (Å²) in [5, 5.41) is 0. The van der Waals surface area contributed by atoms with Gasteiger partial charge in [-0.1, -0.05) is 45.8 Å². The Labute approximate surface area is 169 Å². The Morgan fingerprint density at radius 2 is 1.63 bits per heavy atom. The second-order valence-corrected chi connectivity index (χ2v) is 9.65. The quantitative estimate of drug-likeness (QED) is 0.675. The molecule has 1 aliphatic rings. The van der Waals surface area contributed by atoms with Crippen LogP contribution in [0.15, 0.2) is 57.9 Å². The Balaban J connectivity index is 1.88. The SMILES string of the molecule is Cc1ccc(S(=O)(=O)N(CC(=O)N2CCCC2)Cc2ccc(Br)cc2)cc1. The molecule has 0 radical (unpaired) electrons. The summed E-state index contributed by atoms with van der Waals surface area (Å²) in [7, 11) is -3.78. The molecule has 0 unspecified atom stereocenters. The number of rotatable bonds is 6. The lowest BCUT2D eigenvalue weighted by atomic mass is 10.2. The number of halogens is 1. The van der Waals surface area contributed by atoms with E-state index in [-0.39, 0.29) is 23.9 Å². The zero-order chi connectivity index (χ0) is 19.4. The summed E-state index contributed by atoms with van der Waals surface area (Å²) in [5.74, 6) is -0.139. The van der Waals surface area contributed by atoms with Crippen molar-refractivity contribution >= 4 is 31.9 Å². The molecule has 0 N–H and O–H groups in total. The molecule has 2 aromatic rings. The first-order valence-electron chi connectivity index (χ1n) is 8.95. The largest absolute Gasteiger partial charge is 0.342 e. The molecule has 0 saturated carbocycles. The van der Waals surface area contributed by atoms with Crippen LogP contribution in [0.25, 0.3) is 0 Å². The van der Waals surface area contributed by atoms with Gasteiger partial charge in [-0.2, -0.15) is 4.31 Å². The van der Waals surface area contributed by atoms with Crippen LogP contribution in [0.1, 0.15) is 24.0 Å². The lowest BCUT2D eigenvalue weighted by molar-refractivity contribution is -0.130. The van der Waals surface area contributed by atoms with Gasteiger partial charge in [0.25, 0.3) is 0 Å². The third-order valence-electron chi connectivity index (χ3n) is 4.70. The molecule has 1 aliphatic heterocycles. The van der Waals surface area contributed by atoms with Gasteiger partial charge in [0.15, 0.2) is 0 Å². The minimum atomic E-state index is -3.78. The molecule has 3 rings (SSSR count). The second-order valence-electron chi connectivity index (χ2n) is 6.80. The zero-order valence-corrected chi connectivity index (χ0v) is 17.7. The zero-order valence-electron chi connectivity index (χ0n) is 15.3. The van der Waals surface area contributed by atoms with Crippen LogP contribution in [0.5, 0.6) is 0 Å². The van der Waals surface area contributed by atoms with E-state index in [1.165, 1.54) is 4.31 Å². The van der Waals surface area contributed by atoms with Crippen molar-refractivity contribution in [3.05, 3.63) is 64.1 Å². The van der Waals surface area contributed by atoms with E-state index in [1.54, 1.807) is 29.2 Å². The first-order chi connectivity index (χ1) is 12.9. The molecule has 0 spiro atoms. The maximum Gasteiger partial charge on any atom is 0.243 e. The second kappa shape index (κ2) is 8.54. The van der Waals surface area contributed by atoms with Crippen LogP contribution in [-0.4, -0.2) is 43.2 Å². The summed E-state index contributed by atoms with van der Waals surface area (Å²) in [6.07, 6.45) is 1.95. The van der Waals surface area contributed by atoms with Gasteiger partial charge in [-0.05, 0) is 49.6 Å². The van der Waals surface area contributed by atoms with Crippen molar-refractivity contribution in [2.45, 2.75) is 31.2 Å². The average Bonchev–Trinajstić information content (AvgIpc) is 3.18. The third kappa shape index (κ3) is 4.97. The minimum Gasteiger partial charge on any atom is -0.342 e. The van der Waals surface area contributed by atoms with E-state index in [1.807, 2.05) is 31.2 Å². The van der Waals surface area contributed by atoms with Gasteiger partial charge in [0, 0.05) is 24.1 Å². The molecular formula is C20H23BrN2O3S. The molecule has 1 fully saturated rings. The van der Waals surface area contributed by atoms with E-state index in [0.29, 0.717) is 13.1 Å². The first-order valence-corrected chi connectivity index (χ1v) is 11.2. The van der Waals surface area contributed by atoms with Crippen molar-refractivity contribution in [1.29, 1.82) is 0 Å². The van der Waals surface area contributed by atoms with Gasteiger partial charge in [-0.3, -0.25) is 4.79 Å². The van der Waals surface area contributed by atoms with E-state index < -0.39 is 10.0 Å². The van der Waals surface area contributed by atoms with Gasteiger partial charge in [0.1, 0.15) is 0 Å². The summed E-state index contributed by atoms with van der Waals surface area (Å²) in [5.41, 5.74) is 1.82. The fraction of sp³-hybridized carbons (Fsp3) is 0.350. The fourth-order valence-corrected chi connectivity index (χ4v) is 4.74. The predicted molar refractivity (Wildman–Crippen MR) is 109 cm³/mol. The maximum atomic E-state index is 13.2. The Morgan fingerprint density at radius 1 is 1.04 bits per heavy atom. The molecule has 0 aromatic heterocycles. The highest BCUT2D eigenvalue weighted by atomic mass is 79.9. The fourth-order valence-electron chi connectivity index (χ4n) is 3.10. The van der Waals surface area contributed by atoms with Crippen molar-refractivity contribution in [2.24, 2.45) is 0 Å². The first kappa shape index (κ1) is 20.0. The van der Waals surface area contributed by atoms with Gasteiger partial charge in [0.2, 0.25) is 15.9 Å². The Morgan fingerprint density at radius 3 is 2.22 bits per heavy atom. The number of amides is 1. The minimum absolute atomic E-state index is 0.139. The molecular weight excluding hydrogens is 428 g/mol. The number of aryl methyl sites for hydroxylation is 1. The van der Waals surface area contributed by atoms with Crippen LogP contribution < -0.4 is 0 Å². The number of likely N-dealkylation sites (tertiary alicyclic amines) is 1. The smallest absolute Gasteiger partial charge is 0.243 e. The van der Waals surface area contributed by atoms with E-state index >= 15 is 0 Å². The number of hydrogen-bond acceptors (Lipinski definition) is 3. The summed E-state index contributed by atoms with van der Waals surface area (Å²) in [4.78, 5) is 14.6. The van der Waals surface area contributed by atoms with Gasteiger partial charge in [-0.25, -0.2) is 8.42 Å².